The van der Waals surface area contributed by atoms with E-state index in [0.29, 0.717) is 17.8 Å². The number of rotatable bonds is 1. The molecule has 0 radical (unpaired) electrons. The first-order chi connectivity index (χ1) is 11.5. The van der Waals surface area contributed by atoms with Crippen molar-refractivity contribution in [1.82, 2.24) is 9.78 Å². The summed E-state index contributed by atoms with van der Waals surface area (Å²) in [6, 6.07) is 11.8. The number of carbonyl (C=O) groups is 1. The molecule has 5 heteroatoms. The van der Waals surface area contributed by atoms with Gasteiger partial charge in [0.15, 0.2) is 5.78 Å². The minimum atomic E-state index is -0.275. The van der Waals surface area contributed by atoms with E-state index in [4.69, 9.17) is 0 Å². The number of ketones is 1. The minimum Gasteiger partial charge on any atom is -0.342 e. The summed E-state index contributed by atoms with van der Waals surface area (Å²) in [6.07, 6.45) is 2.87. The van der Waals surface area contributed by atoms with E-state index in [-0.39, 0.29) is 17.2 Å². The number of anilines is 1. The van der Waals surface area contributed by atoms with E-state index in [1.807, 2.05) is 30.3 Å². The van der Waals surface area contributed by atoms with Crippen LogP contribution in [0.2, 0.25) is 0 Å². The highest BCUT2D eigenvalue weighted by molar-refractivity contribution is 6.00. The van der Waals surface area contributed by atoms with Crippen LogP contribution in [0, 0.1) is 16.7 Å². The second kappa shape index (κ2) is 5.07. The minimum absolute atomic E-state index is 0.0842. The zero-order valence-corrected chi connectivity index (χ0v) is 13.7. The Bertz CT molecular complexity index is 899. The molecular weight excluding hydrogens is 300 g/mol. The Labute approximate surface area is 140 Å². The quantitative estimate of drug-likeness (QED) is 0.874. The molecule has 0 saturated heterocycles. The largest absolute Gasteiger partial charge is 0.342 e. The summed E-state index contributed by atoms with van der Waals surface area (Å²) in [7, 11) is 0. The maximum Gasteiger partial charge on any atom is 0.163 e. The number of hydrogen-bond donors (Lipinski definition) is 1. The van der Waals surface area contributed by atoms with E-state index >= 15 is 0 Å². The molecule has 2 aliphatic rings. The van der Waals surface area contributed by atoms with Crippen LogP contribution in [-0.2, 0) is 4.79 Å². The van der Waals surface area contributed by atoms with Gasteiger partial charge in [0.05, 0.1) is 6.20 Å². The third-order valence-electron chi connectivity index (χ3n) is 4.74. The lowest BCUT2D eigenvalue weighted by atomic mass is 9.73. The van der Waals surface area contributed by atoms with E-state index < -0.39 is 0 Å². The molecule has 4 rings (SSSR count). The number of benzene rings is 1. The Balaban J connectivity index is 1.95. The lowest BCUT2D eigenvalue weighted by molar-refractivity contribution is -0.118. The number of nitrogens with one attached hydrogen (secondary N) is 1. The van der Waals surface area contributed by atoms with Crippen molar-refractivity contribution < 1.29 is 4.79 Å². The van der Waals surface area contributed by atoms with Gasteiger partial charge in [-0.1, -0.05) is 44.2 Å². The van der Waals surface area contributed by atoms with Crippen LogP contribution in [-0.4, -0.2) is 15.6 Å². The maximum absolute atomic E-state index is 12.9. The number of Topliss-reactive ketones (excluding diaryl/α,β-unsaturated/α-hetero) is 1. The van der Waals surface area contributed by atoms with Crippen LogP contribution >= 0.6 is 0 Å². The molecule has 0 bridgehead atoms. The molecule has 0 spiro atoms. The van der Waals surface area contributed by atoms with Gasteiger partial charge in [0.1, 0.15) is 23.5 Å². The van der Waals surface area contributed by atoms with Gasteiger partial charge in [-0.2, -0.15) is 10.4 Å². The SMILES string of the molecule is CC1(C)CC(=O)C2=C(C1)Nc1c(C#N)cnn1[C@@H]2c1ccccc1. The predicted octanol–water partition coefficient (Wildman–Crippen LogP) is 3.41. The summed E-state index contributed by atoms with van der Waals surface area (Å²) < 4.78 is 1.77. The summed E-state index contributed by atoms with van der Waals surface area (Å²) >= 11 is 0. The molecule has 0 amide bonds. The highest BCUT2D eigenvalue weighted by Gasteiger charge is 2.41. The van der Waals surface area contributed by atoms with E-state index in [2.05, 4.69) is 30.3 Å². The number of carbonyl (C=O) groups excluding carboxylic acids is 1. The average Bonchev–Trinajstić information content (AvgIpc) is 2.95. The molecule has 1 aliphatic heterocycles. The van der Waals surface area contributed by atoms with Crippen molar-refractivity contribution in [2.45, 2.75) is 32.7 Å². The summed E-state index contributed by atoms with van der Waals surface area (Å²) in [5, 5.41) is 17.1. The van der Waals surface area contributed by atoms with Crippen LogP contribution < -0.4 is 5.32 Å². The van der Waals surface area contributed by atoms with E-state index in [1.165, 1.54) is 0 Å². The molecule has 0 unspecified atom stereocenters. The standard InChI is InChI=1S/C19H18N4O/c1-19(2)8-14-16(15(24)9-19)17(12-6-4-3-5-7-12)23-18(22-14)13(10-20)11-21-23/h3-7,11,17,22H,8-9H2,1-2H3/t17-/m1/s1. The van der Waals surface area contributed by atoms with Crippen molar-refractivity contribution >= 4 is 11.6 Å². The van der Waals surface area contributed by atoms with Crippen LogP contribution in [0.3, 0.4) is 0 Å². The van der Waals surface area contributed by atoms with E-state index in [1.54, 1.807) is 10.9 Å². The third kappa shape index (κ3) is 2.15. The topological polar surface area (TPSA) is 70.7 Å². The Hall–Kier alpha value is -2.87. The normalized spacial score (nSPS) is 21.5. The lowest BCUT2D eigenvalue weighted by Gasteiger charge is -2.38. The molecular formula is C19H18N4O. The van der Waals surface area contributed by atoms with Crippen LogP contribution in [0.5, 0.6) is 0 Å². The second-order valence-electron chi connectivity index (χ2n) is 7.23. The number of fused-ring (bicyclic) bond motifs is 1. The molecule has 1 atom stereocenters. The molecule has 0 saturated carbocycles. The number of allylic oxidation sites excluding steroid dienone is 2. The third-order valence-corrected chi connectivity index (χ3v) is 4.74. The zero-order chi connectivity index (χ0) is 16.9. The first-order valence-electron chi connectivity index (χ1n) is 8.06. The first-order valence-corrected chi connectivity index (χ1v) is 8.06. The smallest absolute Gasteiger partial charge is 0.163 e. The Morgan fingerprint density at radius 1 is 1.29 bits per heavy atom. The number of aromatic nitrogens is 2. The van der Waals surface area contributed by atoms with Gasteiger partial charge in [0.2, 0.25) is 0 Å². The maximum atomic E-state index is 12.9. The summed E-state index contributed by atoms with van der Waals surface area (Å²) in [4.78, 5) is 12.9. The molecule has 1 N–H and O–H groups in total. The number of hydrogen-bond acceptors (Lipinski definition) is 4. The molecule has 5 nitrogen and oxygen atoms in total. The molecule has 24 heavy (non-hydrogen) atoms. The second-order valence-corrected chi connectivity index (χ2v) is 7.23. The van der Waals surface area contributed by atoms with Gasteiger partial charge >= 0.3 is 0 Å². The fraction of sp³-hybridized carbons (Fsp3) is 0.316. The van der Waals surface area contributed by atoms with Gasteiger partial charge in [-0.3, -0.25) is 4.79 Å². The highest BCUT2D eigenvalue weighted by atomic mass is 16.1. The van der Waals surface area contributed by atoms with Gasteiger partial charge < -0.3 is 5.32 Å². The molecule has 1 aromatic carbocycles. The predicted molar refractivity (Wildman–Crippen MR) is 90.2 cm³/mol. The van der Waals surface area contributed by atoms with Gasteiger partial charge in [-0.15, -0.1) is 0 Å². The van der Waals surface area contributed by atoms with Gasteiger partial charge in [-0.05, 0) is 17.4 Å². The monoisotopic (exact) mass is 318 g/mol. The van der Waals surface area contributed by atoms with Gasteiger partial charge in [-0.25, -0.2) is 4.68 Å². The van der Waals surface area contributed by atoms with Crippen molar-refractivity contribution in [2.24, 2.45) is 5.41 Å². The molecule has 1 aromatic heterocycles. The van der Waals surface area contributed by atoms with E-state index in [9.17, 15) is 10.1 Å². The first kappa shape index (κ1) is 14.7. The average molecular weight is 318 g/mol. The summed E-state index contributed by atoms with van der Waals surface area (Å²) in [6.45, 7) is 4.20. The summed E-state index contributed by atoms with van der Waals surface area (Å²) in [5.74, 6) is 0.831. The fourth-order valence-corrected chi connectivity index (χ4v) is 3.74. The lowest BCUT2D eigenvalue weighted by Crippen LogP contribution is -2.36. The number of nitriles is 1. The molecule has 2 aromatic rings. The zero-order valence-electron chi connectivity index (χ0n) is 13.7. The molecule has 0 fully saturated rings. The van der Waals surface area contributed by atoms with Crippen molar-refractivity contribution in [3.63, 3.8) is 0 Å². The molecule has 120 valence electrons. The van der Waals surface area contributed by atoms with Crippen molar-refractivity contribution in [1.29, 1.82) is 5.26 Å². The fourth-order valence-electron chi connectivity index (χ4n) is 3.74. The van der Waals surface area contributed by atoms with Crippen molar-refractivity contribution in [3.8, 4) is 6.07 Å². The Morgan fingerprint density at radius 2 is 2.04 bits per heavy atom. The van der Waals surface area contributed by atoms with Crippen LogP contribution in [0.1, 0.15) is 43.9 Å². The molecule has 1 aliphatic carbocycles. The van der Waals surface area contributed by atoms with Crippen molar-refractivity contribution in [3.05, 3.63) is 58.9 Å². The Kier molecular flexibility index (Phi) is 3.10. The van der Waals surface area contributed by atoms with Crippen LogP contribution in [0.15, 0.2) is 47.8 Å². The Morgan fingerprint density at radius 3 is 2.75 bits per heavy atom. The van der Waals surface area contributed by atoms with Crippen molar-refractivity contribution in [2.75, 3.05) is 5.32 Å². The van der Waals surface area contributed by atoms with Crippen LogP contribution in [0.25, 0.3) is 0 Å². The van der Waals surface area contributed by atoms with E-state index in [0.717, 1.165) is 23.3 Å². The highest BCUT2D eigenvalue weighted by Crippen LogP contribution is 2.46. The van der Waals surface area contributed by atoms with Crippen LogP contribution in [0.4, 0.5) is 5.82 Å². The number of nitrogens with zero attached hydrogens (tertiary/aromatic N) is 3. The van der Waals surface area contributed by atoms with Gasteiger partial charge in [0, 0.05) is 17.7 Å². The summed E-state index contributed by atoms with van der Waals surface area (Å²) in [5.41, 5.74) is 3.13. The van der Waals surface area contributed by atoms with Gasteiger partial charge in [0.25, 0.3) is 0 Å². The molecule has 2 heterocycles.